The molecule has 1 atom stereocenters. The summed E-state index contributed by atoms with van der Waals surface area (Å²) in [5, 5.41) is 14.8. The number of carboxylic acids is 1. The van der Waals surface area contributed by atoms with Gasteiger partial charge in [0.15, 0.2) is 0 Å². The largest absolute Gasteiger partial charge is 0.480 e. The average molecular weight is 484 g/mol. The van der Waals surface area contributed by atoms with Crippen molar-refractivity contribution in [1.29, 1.82) is 0 Å². The first-order valence-electron chi connectivity index (χ1n) is 11.3. The van der Waals surface area contributed by atoms with Crippen molar-refractivity contribution >= 4 is 37.9 Å². The normalized spacial score (nSPS) is 16.1. The van der Waals surface area contributed by atoms with Crippen LogP contribution in [-0.2, 0) is 14.8 Å². The van der Waals surface area contributed by atoms with E-state index in [2.05, 4.69) is 14.9 Å². The second-order valence-electron chi connectivity index (χ2n) is 9.09. The molecule has 0 radical (unpaired) electrons. The lowest BCUT2D eigenvalue weighted by Gasteiger charge is -2.17. The van der Waals surface area contributed by atoms with Gasteiger partial charge in [0.1, 0.15) is 17.2 Å². The Bertz CT molecular complexity index is 1480. The number of nitrogens with zero attached hydrogens (tertiary/aromatic N) is 2. The zero-order chi connectivity index (χ0) is 24.0. The summed E-state index contributed by atoms with van der Waals surface area (Å²) in [5.41, 5.74) is 1.83. The van der Waals surface area contributed by atoms with Gasteiger partial charge >= 0.3 is 5.97 Å². The molecule has 10 heteroatoms. The van der Waals surface area contributed by atoms with Gasteiger partial charge in [-0.2, -0.15) is 9.71 Å². The Morgan fingerprint density at radius 1 is 1.09 bits per heavy atom. The maximum absolute atomic E-state index is 12.9. The van der Waals surface area contributed by atoms with Crippen molar-refractivity contribution in [2.45, 2.75) is 56.4 Å². The number of rotatable bonds is 7. The average Bonchev–Trinajstić information content (AvgIpc) is 3.55. The van der Waals surface area contributed by atoms with Crippen LogP contribution in [0.4, 0.5) is 0 Å². The summed E-state index contributed by atoms with van der Waals surface area (Å²) in [6, 6.07) is 8.73. The van der Waals surface area contributed by atoms with Gasteiger partial charge in [0.05, 0.1) is 4.90 Å². The van der Waals surface area contributed by atoms with Gasteiger partial charge in [-0.1, -0.05) is 37.9 Å². The molecule has 0 unspecified atom stereocenters. The van der Waals surface area contributed by atoms with E-state index in [4.69, 9.17) is 8.94 Å². The quantitative estimate of drug-likeness (QED) is 0.387. The highest BCUT2D eigenvalue weighted by atomic mass is 32.2. The Kier molecular flexibility index (Phi) is 5.65. The molecular weight excluding hydrogens is 458 g/mol. The highest BCUT2D eigenvalue weighted by Crippen LogP contribution is 2.36. The third-order valence-corrected chi connectivity index (χ3v) is 7.81. The number of furan rings is 1. The number of aliphatic carboxylic acids is 1. The monoisotopic (exact) mass is 483 g/mol. The lowest BCUT2D eigenvalue weighted by molar-refractivity contribution is -0.140. The number of fused-ring (bicyclic) bond motifs is 3. The van der Waals surface area contributed by atoms with Crippen molar-refractivity contribution in [3.05, 3.63) is 42.3 Å². The molecule has 0 aliphatic heterocycles. The van der Waals surface area contributed by atoms with Crippen LogP contribution in [0.1, 0.15) is 51.3 Å². The number of carboxylic acid groups (broad SMARTS) is 1. The molecule has 5 rings (SSSR count). The second-order valence-corrected chi connectivity index (χ2v) is 10.8. The van der Waals surface area contributed by atoms with Crippen LogP contribution < -0.4 is 4.72 Å². The number of sulfonamides is 1. The van der Waals surface area contributed by atoms with E-state index >= 15 is 0 Å². The molecule has 0 saturated heterocycles. The molecule has 2 aromatic heterocycles. The lowest BCUT2D eigenvalue weighted by Crippen LogP contribution is -2.44. The van der Waals surface area contributed by atoms with Crippen LogP contribution in [0.5, 0.6) is 0 Å². The van der Waals surface area contributed by atoms with Crippen LogP contribution in [0.15, 0.2) is 50.2 Å². The molecule has 1 aliphatic rings. The summed E-state index contributed by atoms with van der Waals surface area (Å²) in [5.74, 6) is -0.158. The predicted molar refractivity (Wildman–Crippen MR) is 125 cm³/mol. The van der Waals surface area contributed by atoms with E-state index in [0.29, 0.717) is 34.2 Å². The summed E-state index contributed by atoms with van der Waals surface area (Å²) in [4.78, 5) is 16.0. The molecule has 178 valence electrons. The first-order valence-corrected chi connectivity index (χ1v) is 12.8. The molecule has 2 aromatic carbocycles. The van der Waals surface area contributed by atoms with Crippen molar-refractivity contribution < 1.29 is 27.3 Å². The van der Waals surface area contributed by atoms with Gasteiger partial charge in [-0.3, -0.25) is 4.79 Å². The van der Waals surface area contributed by atoms with E-state index in [1.54, 1.807) is 19.9 Å². The smallest absolute Gasteiger partial charge is 0.322 e. The van der Waals surface area contributed by atoms with E-state index in [-0.39, 0.29) is 4.90 Å². The van der Waals surface area contributed by atoms with Crippen molar-refractivity contribution in [2.75, 3.05) is 0 Å². The number of benzene rings is 2. The number of aromatic nitrogens is 2. The molecule has 4 aromatic rings. The molecule has 1 saturated carbocycles. The predicted octanol–water partition coefficient (Wildman–Crippen LogP) is 4.68. The Balaban J connectivity index is 1.49. The molecule has 34 heavy (non-hydrogen) atoms. The fourth-order valence-electron chi connectivity index (χ4n) is 4.46. The van der Waals surface area contributed by atoms with Crippen LogP contribution in [0.3, 0.4) is 0 Å². The summed E-state index contributed by atoms with van der Waals surface area (Å²) in [6.07, 6.45) is 4.48. The van der Waals surface area contributed by atoms with Crippen LogP contribution in [0.2, 0.25) is 0 Å². The van der Waals surface area contributed by atoms with E-state index in [1.165, 1.54) is 25.0 Å². The van der Waals surface area contributed by atoms with Crippen LogP contribution in [0.25, 0.3) is 33.3 Å². The van der Waals surface area contributed by atoms with E-state index < -0.39 is 28.0 Å². The van der Waals surface area contributed by atoms with E-state index in [1.807, 2.05) is 18.2 Å². The summed E-state index contributed by atoms with van der Waals surface area (Å²) >= 11 is 0. The third-order valence-electron chi connectivity index (χ3n) is 6.37. The van der Waals surface area contributed by atoms with E-state index in [0.717, 1.165) is 23.8 Å². The van der Waals surface area contributed by atoms with Gasteiger partial charge in [-0.05, 0) is 49.1 Å². The molecule has 1 fully saturated rings. The number of hydrogen-bond donors (Lipinski definition) is 2. The second kappa shape index (κ2) is 8.52. The summed E-state index contributed by atoms with van der Waals surface area (Å²) < 4.78 is 39.5. The topological polar surface area (TPSA) is 136 Å². The van der Waals surface area contributed by atoms with Crippen molar-refractivity contribution in [1.82, 2.24) is 14.9 Å². The maximum atomic E-state index is 12.9. The highest BCUT2D eigenvalue weighted by Gasteiger charge is 2.28. The molecule has 2 N–H and O–H groups in total. The zero-order valence-electron chi connectivity index (χ0n) is 18.8. The minimum absolute atomic E-state index is 0.0296. The minimum Gasteiger partial charge on any atom is -0.480 e. The summed E-state index contributed by atoms with van der Waals surface area (Å²) in [6.45, 7) is 3.29. The van der Waals surface area contributed by atoms with Crippen LogP contribution in [-0.4, -0.2) is 35.7 Å². The Hall–Kier alpha value is -3.24. The standard InChI is InChI=1S/C24H25N3O6S/c1-13(2)21(24(28)29)27-34(30,31)16-8-10-19-18(12-16)17-9-7-15(11-20(17)32-19)22-25-23(33-26-22)14-5-3-4-6-14/h7-14,21,27H,3-6H2,1-2H3,(H,28,29)/t21-/m1/s1. The summed E-state index contributed by atoms with van der Waals surface area (Å²) in [7, 11) is -4.05. The molecule has 0 amide bonds. The first kappa shape index (κ1) is 22.5. The first-order chi connectivity index (χ1) is 16.2. The van der Waals surface area contributed by atoms with Crippen LogP contribution in [0, 0.1) is 5.92 Å². The van der Waals surface area contributed by atoms with Crippen LogP contribution >= 0.6 is 0 Å². The Morgan fingerprint density at radius 3 is 2.56 bits per heavy atom. The number of carbonyl (C=O) groups is 1. The number of hydrogen-bond acceptors (Lipinski definition) is 7. The van der Waals surface area contributed by atoms with Gasteiger partial charge in [0, 0.05) is 22.3 Å². The minimum atomic E-state index is -4.05. The highest BCUT2D eigenvalue weighted by molar-refractivity contribution is 7.89. The Labute approximate surface area is 196 Å². The Morgan fingerprint density at radius 2 is 1.85 bits per heavy atom. The van der Waals surface area contributed by atoms with Gasteiger partial charge in [-0.15, -0.1) is 0 Å². The molecule has 2 heterocycles. The molecule has 9 nitrogen and oxygen atoms in total. The van der Waals surface area contributed by atoms with Crippen molar-refractivity contribution in [3.8, 4) is 11.4 Å². The van der Waals surface area contributed by atoms with Gasteiger partial charge < -0.3 is 14.0 Å². The van der Waals surface area contributed by atoms with Gasteiger partial charge in [0.25, 0.3) is 0 Å². The fourth-order valence-corrected chi connectivity index (χ4v) is 5.82. The third kappa shape index (κ3) is 4.07. The van der Waals surface area contributed by atoms with Gasteiger partial charge in [-0.25, -0.2) is 8.42 Å². The van der Waals surface area contributed by atoms with Crippen molar-refractivity contribution in [2.24, 2.45) is 5.92 Å². The molecule has 1 aliphatic carbocycles. The van der Waals surface area contributed by atoms with E-state index in [9.17, 15) is 18.3 Å². The van der Waals surface area contributed by atoms with Gasteiger partial charge in [0.2, 0.25) is 21.7 Å². The SMILES string of the molecule is CC(C)[C@@H](NS(=O)(=O)c1ccc2oc3cc(-c4noc(C5CCCC5)n4)ccc3c2c1)C(=O)O. The number of nitrogens with one attached hydrogen (secondary N) is 1. The molecule has 0 bridgehead atoms. The fraction of sp³-hybridized carbons (Fsp3) is 0.375. The van der Waals surface area contributed by atoms with Crippen molar-refractivity contribution in [3.63, 3.8) is 0 Å². The molecular formula is C24H25N3O6S. The maximum Gasteiger partial charge on any atom is 0.322 e. The zero-order valence-corrected chi connectivity index (χ0v) is 19.6. The molecule has 0 spiro atoms. The lowest BCUT2D eigenvalue weighted by atomic mass is 10.1.